The van der Waals surface area contributed by atoms with Gasteiger partial charge < -0.3 is 9.84 Å². The second-order valence-electron chi connectivity index (χ2n) is 4.96. The van der Waals surface area contributed by atoms with Gasteiger partial charge in [0.2, 0.25) is 0 Å². The van der Waals surface area contributed by atoms with E-state index < -0.39 is 0 Å². The van der Waals surface area contributed by atoms with E-state index in [-0.39, 0.29) is 11.3 Å². The zero-order chi connectivity index (χ0) is 15.5. The van der Waals surface area contributed by atoms with Crippen molar-refractivity contribution in [2.24, 2.45) is 0 Å². The van der Waals surface area contributed by atoms with Crippen LogP contribution in [0.1, 0.15) is 18.2 Å². The number of nitrogens with zero attached hydrogens (tertiary/aromatic N) is 1. The Labute approximate surface area is 127 Å². The summed E-state index contributed by atoms with van der Waals surface area (Å²) in [5, 5.41) is 17.9. The van der Waals surface area contributed by atoms with Gasteiger partial charge in [-0.3, -0.25) is 4.79 Å². The Bertz CT molecular complexity index is 871. The van der Waals surface area contributed by atoms with Crippen LogP contribution in [0.25, 0.3) is 10.8 Å². The van der Waals surface area contributed by atoms with Crippen LogP contribution in [0.4, 0.5) is 0 Å². The largest absolute Gasteiger partial charge is 0.504 e. The van der Waals surface area contributed by atoms with Crippen molar-refractivity contribution in [3.63, 3.8) is 0 Å². The molecule has 0 aliphatic rings. The van der Waals surface area contributed by atoms with Gasteiger partial charge in [-0.2, -0.15) is 5.10 Å². The maximum absolute atomic E-state index is 11.8. The normalized spacial score (nSPS) is 10.8. The molecule has 2 aromatic carbocycles. The third-order valence-corrected chi connectivity index (χ3v) is 3.47. The van der Waals surface area contributed by atoms with E-state index in [1.807, 2.05) is 31.2 Å². The number of ether oxygens (including phenoxy) is 1. The maximum atomic E-state index is 11.8. The number of aromatic nitrogens is 2. The quantitative estimate of drug-likeness (QED) is 0.776. The lowest BCUT2D eigenvalue weighted by Gasteiger charge is -2.09. The molecule has 0 aliphatic carbocycles. The summed E-state index contributed by atoms with van der Waals surface area (Å²) in [7, 11) is 0. The standard InChI is InChI=1S/C17H16N2O3/c1-2-22-16-10-11(7-8-15(16)20)9-14-12-5-3-4-6-13(12)17(21)19-18-14/h3-8,10,20H,2,9H2,1H3,(H,19,21). The van der Waals surface area contributed by atoms with Crippen LogP contribution < -0.4 is 10.3 Å². The predicted molar refractivity (Wildman–Crippen MR) is 84.4 cm³/mol. The van der Waals surface area contributed by atoms with Crippen LogP contribution in [-0.2, 0) is 6.42 Å². The van der Waals surface area contributed by atoms with Gasteiger partial charge in [-0.25, -0.2) is 5.10 Å². The number of nitrogens with one attached hydrogen (secondary N) is 1. The van der Waals surface area contributed by atoms with E-state index in [2.05, 4.69) is 10.2 Å². The molecule has 2 N–H and O–H groups in total. The van der Waals surface area contributed by atoms with E-state index in [0.29, 0.717) is 24.2 Å². The van der Waals surface area contributed by atoms with Crippen molar-refractivity contribution < 1.29 is 9.84 Å². The van der Waals surface area contributed by atoms with Crippen LogP contribution in [-0.4, -0.2) is 21.9 Å². The fourth-order valence-corrected chi connectivity index (χ4v) is 2.44. The Kier molecular flexibility index (Phi) is 3.78. The topological polar surface area (TPSA) is 75.2 Å². The van der Waals surface area contributed by atoms with Gasteiger partial charge in [-0.05, 0) is 30.7 Å². The van der Waals surface area contributed by atoms with E-state index >= 15 is 0 Å². The number of aromatic hydroxyl groups is 1. The van der Waals surface area contributed by atoms with Gasteiger partial charge in [0.25, 0.3) is 5.56 Å². The molecular formula is C17H16N2O3. The molecule has 5 nitrogen and oxygen atoms in total. The summed E-state index contributed by atoms with van der Waals surface area (Å²) in [6, 6.07) is 12.6. The summed E-state index contributed by atoms with van der Waals surface area (Å²) < 4.78 is 5.39. The Morgan fingerprint density at radius 1 is 1.18 bits per heavy atom. The first-order valence-corrected chi connectivity index (χ1v) is 7.10. The third kappa shape index (κ3) is 2.65. The number of fused-ring (bicyclic) bond motifs is 1. The summed E-state index contributed by atoms with van der Waals surface area (Å²) in [4.78, 5) is 11.8. The van der Waals surface area contributed by atoms with Crippen molar-refractivity contribution in [3.8, 4) is 11.5 Å². The van der Waals surface area contributed by atoms with Crippen molar-refractivity contribution in [1.29, 1.82) is 0 Å². The molecule has 0 unspecified atom stereocenters. The second-order valence-corrected chi connectivity index (χ2v) is 4.96. The minimum Gasteiger partial charge on any atom is -0.504 e. The highest BCUT2D eigenvalue weighted by molar-refractivity contribution is 5.83. The lowest BCUT2D eigenvalue weighted by Crippen LogP contribution is -2.11. The number of rotatable bonds is 4. The number of phenols is 1. The number of benzene rings is 2. The van der Waals surface area contributed by atoms with Gasteiger partial charge in [0.05, 0.1) is 17.7 Å². The molecule has 1 aromatic heterocycles. The average Bonchev–Trinajstić information content (AvgIpc) is 2.54. The molecule has 1 heterocycles. The first-order valence-electron chi connectivity index (χ1n) is 7.10. The maximum Gasteiger partial charge on any atom is 0.272 e. The van der Waals surface area contributed by atoms with Crippen LogP contribution in [0, 0.1) is 0 Å². The van der Waals surface area contributed by atoms with Gasteiger partial charge in [0, 0.05) is 11.8 Å². The van der Waals surface area contributed by atoms with E-state index in [9.17, 15) is 9.90 Å². The molecular weight excluding hydrogens is 280 g/mol. The van der Waals surface area contributed by atoms with E-state index in [1.165, 1.54) is 0 Å². The van der Waals surface area contributed by atoms with Crippen LogP contribution in [0.3, 0.4) is 0 Å². The molecule has 0 bridgehead atoms. The average molecular weight is 296 g/mol. The zero-order valence-electron chi connectivity index (χ0n) is 12.2. The lowest BCUT2D eigenvalue weighted by molar-refractivity contribution is 0.318. The fourth-order valence-electron chi connectivity index (χ4n) is 2.44. The molecule has 0 atom stereocenters. The highest BCUT2D eigenvalue weighted by Gasteiger charge is 2.09. The van der Waals surface area contributed by atoms with Gasteiger partial charge in [0.1, 0.15) is 0 Å². The number of hydrogen-bond acceptors (Lipinski definition) is 4. The molecule has 5 heteroatoms. The van der Waals surface area contributed by atoms with Crippen LogP contribution >= 0.6 is 0 Å². The minimum absolute atomic E-state index is 0.116. The van der Waals surface area contributed by atoms with Gasteiger partial charge in [-0.15, -0.1) is 0 Å². The van der Waals surface area contributed by atoms with Crippen molar-refractivity contribution in [2.75, 3.05) is 6.61 Å². The van der Waals surface area contributed by atoms with Gasteiger partial charge >= 0.3 is 0 Å². The van der Waals surface area contributed by atoms with Crippen LogP contribution in [0.15, 0.2) is 47.3 Å². The highest BCUT2D eigenvalue weighted by Crippen LogP contribution is 2.28. The Balaban J connectivity index is 2.02. The Morgan fingerprint density at radius 2 is 1.95 bits per heavy atom. The Morgan fingerprint density at radius 3 is 2.73 bits per heavy atom. The monoisotopic (exact) mass is 296 g/mol. The summed E-state index contributed by atoms with van der Waals surface area (Å²) in [6.45, 7) is 2.35. The van der Waals surface area contributed by atoms with Gasteiger partial charge in [0.15, 0.2) is 11.5 Å². The first kappa shape index (κ1) is 14.1. The van der Waals surface area contributed by atoms with Crippen LogP contribution in [0.2, 0.25) is 0 Å². The molecule has 0 saturated heterocycles. The SMILES string of the molecule is CCOc1cc(Cc2n[nH]c(=O)c3ccccc23)ccc1O. The van der Waals surface area contributed by atoms with E-state index in [4.69, 9.17) is 4.74 Å². The summed E-state index contributed by atoms with van der Waals surface area (Å²) in [5.74, 6) is 0.568. The molecule has 0 amide bonds. The second kappa shape index (κ2) is 5.89. The number of H-pyrrole nitrogens is 1. The molecule has 112 valence electrons. The summed E-state index contributed by atoms with van der Waals surface area (Å²) in [5.41, 5.74) is 1.54. The molecule has 0 aliphatic heterocycles. The summed E-state index contributed by atoms with van der Waals surface area (Å²) in [6.07, 6.45) is 0.539. The molecule has 0 fully saturated rings. The van der Waals surface area contributed by atoms with Crippen molar-refractivity contribution in [3.05, 3.63) is 64.1 Å². The minimum atomic E-state index is -0.194. The lowest BCUT2D eigenvalue weighted by atomic mass is 10.0. The molecule has 22 heavy (non-hydrogen) atoms. The van der Waals surface area contributed by atoms with Crippen molar-refractivity contribution >= 4 is 10.8 Å². The number of hydrogen-bond donors (Lipinski definition) is 2. The molecule has 3 aromatic rings. The fraction of sp³-hybridized carbons (Fsp3) is 0.176. The summed E-state index contributed by atoms with van der Waals surface area (Å²) >= 11 is 0. The van der Waals surface area contributed by atoms with E-state index in [0.717, 1.165) is 16.6 Å². The smallest absolute Gasteiger partial charge is 0.272 e. The number of aromatic amines is 1. The zero-order valence-corrected chi connectivity index (χ0v) is 12.2. The number of phenolic OH excluding ortho intramolecular Hbond substituents is 1. The Hall–Kier alpha value is -2.82. The highest BCUT2D eigenvalue weighted by atomic mass is 16.5. The molecule has 0 radical (unpaired) electrons. The van der Waals surface area contributed by atoms with Crippen LogP contribution in [0.5, 0.6) is 11.5 Å². The van der Waals surface area contributed by atoms with E-state index in [1.54, 1.807) is 18.2 Å². The van der Waals surface area contributed by atoms with Crippen molar-refractivity contribution in [2.45, 2.75) is 13.3 Å². The predicted octanol–water partition coefficient (Wildman–Crippen LogP) is 2.62. The van der Waals surface area contributed by atoms with Gasteiger partial charge in [-0.1, -0.05) is 24.3 Å². The molecule has 0 spiro atoms. The molecule has 3 rings (SSSR count). The third-order valence-electron chi connectivity index (χ3n) is 3.47. The first-order chi connectivity index (χ1) is 10.7. The van der Waals surface area contributed by atoms with Crippen molar-refractivity contribution in [1.82, 2.24) is 10.2 Å². The molecule has 0 saturated carbocycles.